The Bertz CT molecular complexity index is 598. The fourth-order valence-corrected chi connectivity index (χ4v) is 3.23. The minimum Gasteiger partial charge on any atom is -0.334 e. The van der Waals surface area contributed by atoms with Crippen molar-refractivity contribution >= 4 is 21.7 Å². The predicted molar refractivity (Wildman–Crippen MR) is 79.5 cm³/mol. The van der Waals surface area contributed by atoms with E-state index in [4.69, 9.17) is 0 Å². The lowest BCUT2D eigenvalue weighted by molar-refractivity contribution is 0.236. The number of urea groups is 1. The van der Waals surface area contributed by atoms with E-state index in [1.54, 1.807) is 17.1 Å². The lowest BCUT2D eigenvalue weighted by atomic mass is 10.1. The highest BCUT2D eigenvalue weighted by Crippen LogP contribution is 2.13. The monoisotopic (exact) mass is 315 g/mol. The first-order valence-electron chi connectivity index (χ1n) is 6.93. The van der Waals surface area contributed by atoms with Crippen LogP contribution in [0.1, 0.15) is 19.8 Å². The van der Waals surface area contributed by atoms with Crippen molar-refractivity contribution in [3.05, 3.63) is 12.4 Å². The second-order valence-electron chi connectivity index (χ2n) is 5.14. The number of amides is 2. The number of anilines is 1. The fraction of sp³-hybridized carbons (Fsp3) is 0.667. The number of nitrogens with zero attached hydrogens (tertiary/aromatic N) is 3. The van der Waals surface area contributed by atoms with Crippen LogP contribution in [0.5, 0.6) is 0 Å². The lowest BCUT2D eigenvalue weighted by Crippen LogP contribution is -2.50. The molecule has 1 aliphatic rings. The molecule has 1 aromatic heterocycles. The molecule has 2 amide bonds. The van der Waals surface area contributed by atoms with Gasteiger partial charge < -0.3 is 10.6 Å². The molecule has 0 radical (unpaired) electrons. The minimum absolute atomic E-state index is 0.172. The molecule has 9 heteroatoms. The number of nitrogens with one attached hydrogen (secondary N) is 2. The minimum atomic E-state index is -3.21. The van der Waals surface area contributed by atoms with Crippen molar-refractivity contribution < 1.29 is 13.2 Å². The Labute approximate surface area is 124 Å². The number of carbonyl (C=O) groups is 1. The van der Waals surface area contributed by atoms with Gasteiger partial charge >= 0.3 is 6.03 Å². The van der Waals surface area contributed by atoms with Crippen molar-refractivity contribution in [1.82, 2.24) is 19.4 Å². The summed E-state index contributed by atoms with van der Waals surface area (Å²) in [6.45, 7) is 3.52. The summed E-state index contributed by atoms with van der Waals surface area (Å²) in [4.78, 5) is 11.9. The Morgan fingerprint density at radius 1 is 1.52 bits per heavy atom. The Hall–Kier alpha value is -1.61. The number of hydrogen-bond donors (Lipinski definition) is 2. The third kappa shape index (κ3) is 4.43. The van der Waals surface area contributed by atoms with E-state index in [1.165, 1.54) is 10.6 Å². The molecular formula is C12H21N5O3S. The number of aryl methyl sites for hydroxylation is 1. The molecule has 21 heavy (non-hydrogen) atoms. The van der Waals surface area contributed by atoms with Crippen LogP contribution in [0.15, 0.2) is 12.4 Å². The SMILES string of the molecule is CCn1cc(NC(=O)NC2CCCN(S(C)(=O)=O)C2)cn1. The number of hydrogen-bond acceptors (Lipinski definition) is 4. The average molecular weight is 315 g/mol. The molecule has 0 bridgehead atoms. The summed E-state index contributed by atoms with van der Waals surface area (Å²) in [5.74, 6) is 0. The summed E-state index contributed by atoms with van der Waals surface area (Å²) >= 11 is 0. The zero-order valence-corrected chi connectivity index (χ0v) is 13.1. The van der Waals surface area contributed by atoms with Crippen molar-refractivity contribution in [3.63, 3.8) is 0 Å². The molecule has 8 nitrogen and oxygen atoms in total. The number of sulfonamides is 1. The van der Waals surface area contributed by atoms with Crippen molar-refractivity contribution in [1.29, 1.82) is 0 Å². The first-order chi connectivity index (χ1) is 9.88. The summed E-state index contributed by atoms with van der Waals surface area (Å²) in [5, 5.41) is 9.57. The average Bonchev–Trinajstić information content (AvgIpc) is 2.85. The molecule has 0 saturated carbocycles. The van der Waals surface area contributed by atoms with Crippen LogP contribution >= 0.6 is 0 Å². The molecular weight excluding hydrogens is 294 g/mol. The molecule has 0 aromatic carbocycles. The van der Waals surface area contributed by atoms with Gasteiger partial charge in [0.2, 0.25) is 10.0 Å². The molecule has 1 unspecified atom stereocenters. The number of aromatic nitrogens is 2. The number of carbonyl (C=O) groups excluding carboxylic acids is 1. The van der Waals surface area contributed by atoms with Gasteiger partial charge in [0.05, 0.1) is 18.1 Å². The first kappa shape index (κ1) is 15.8. The van der Waals surface area contributed by atoms with E-state index >= 15 is 0 Å². The summed E-state index contributed by atoms with van der Waals surface area (Å²) in [6, 6.07) is -0.513. The number of rotatable bonds is 4. The molecule has 2 heterocycles. The standard InChI is InChI=1S/C12H21N5O3S/c1-3-16-8-11(7-13-16)15-12(18)14-10-5-4-6-17(9-10)21(2,19)20/h7-8,10H,3-6,9H2,1-2H3,(H2,14,15,18). The molecule has 1 fully saturated rings. The van der Waals surface area contributed by atoms with Gasteiger partial charge in [-0.05, 0) is 19.8 Å². The first-order valence-corrected chi connectivity index (χ1v) is 8.78. The van der Waals surface area contributed by atoms with Gasteiger partial charge in [-0.2, -0.15) is 5.10 Å². The molecule has 1 aliphatic heterocycles. The van der Waals surface area contributed by atoms with Gasteiger partial charge in [-0.3, -0.25) is 4.68 Å². The Kier molecular flexibility index (Phi) is 4.84. The van der Waals surface area contributed by atoms with Gasteiger partial charge in [0.1, 0.15) is 0 Å². The second-order valence-corrected chi connectivity index (χ2v) is 7.13. The maximum absolute atomic E-state index is 11.9. The summed E-state index contributed by atoms with van der Waals surface area (Å²) in [5.41, 5.74) is 0.616. The van der Waals surface area contributed by atoms with E-state index in [0.29, 0.717) is 18.8 Å². The van der Waals surface area contributed by atoms with E-state index in [9.17, 15) is 13.2 Å². The molecule has 0 spiro atoms. The van der Waals surface area contributed by atoms with Crippen molar-refractivity contribution in [2.75, 3.05) is 24.7 Å². The van der Waals surface area contributed by atoms with E-state index in [2.05, 4.69) is 15.7 Å². The summed E-state index contributed by atoms with van der Waals surface area (Å²) in [6.07, 6.45) is 6.02. The number of piperidine rings is 1. The maximum atomic E-state index is 11.9. The Morgan fingerprint density at radius 3 is 2.90 bits per heavy atom. The van der Waals surface area contributed by atoms with E-state index in [-0.39, 0.29) is 12.1 Å². The molecule has 1 aromatic rings. The Balaban J connectivity index is 1.87. The molecule has 2 N–H and O–H groups in total. The van der Waals surface area contributed by atoms with Crippen molar-refractivity contribution in [2.45, 2.75) is 32.4 Å². The van der Waals surface area contributed by atoms with Gasteiger partial charge in [0.15, 0.2) is 0 Å². The zero-order valence-electron chi connectivity index (χ0n) is 12.2. The lowest BCUT2D eigenvalue weighted by Gasteiger charge is -2.31. The zero-order chi connectivity index (χ0) is 15.5. The van der Waals surface area contributed by atoms with E-state index < -0.39 is 10.0 Å². The van der Waals surface area contributed by atoms with Gasteiger partial charge in [-0.15, -0.1) is 0 Å². The van der Waals surface area contributed by atoms with Crippen molar-refractivity contribution in [2.24, 2.45) is 0 Å². The highest BCUT2D eigenvalue weighted by atomic mass is 32.2. The predicted octanol–water partition coefficient (Wildman–Crippen LogP) is 0.448. The van der Waals surface area contributed by atoms with Gasteiger partial charge in [0, 0.05) is 31.9 Å². The molecule has 0 aliphatic carbocycles. The normalized spacial score (nSPS) is 20.2. The van der Waals surface area contributed by atoms with Crippen LogP contribution in [0.2, 0.25) is 0 Å². The van der Waals surface area contributed by atoms with Crippen molar-refractivity contribution in [3.8, 4) is 0 Å². The molecule has 118 valence electrons. The molecule has 1 saturated heterocycles. The highest BCUT2D eigenvalue weighted by Gasteiger charge is 2.26. The third-order valence-corrected chi connectivity index (χ3v) is 4.67. The van der Waals surface area contributed by atoms with Crippen LogP contribution in [0.25, 0.3) is 0 Å². The van der Waals surface area contributed by atoms with E-state index in [1.807, 2.05) is 6.92 Å². The largest absolute Gasteiger partial charge is 0.334 e. The van der Waals surface area contributed by atoms with E-state index in [0.717, 1.165) is 19.4 Å². The maximum Gasteiger partial charge on any atom is 0.319 e. The Morgan fingerprint density at radius 2 is 2.29 bits per heavy atom. The van der Waals surface area contributed by atoms with Crippen LogP contribution < -0.4 is 10.6 Å². The molecule has 2 rings (SSSR count). The van der Waals surface area contributed by atoms with Crippen LogP contribution in [-0.2, 0) is 16.6 Å². The van der Waals surface area contributed by atoms with Crippen LogP contribution in [0.3, 0.4) is 0 Å². The summed E-state index contributed by atoms with van der Waals surface area (Å²) < 4.78 is 26.2. The topological polar surface area (TPSA) is 96.3 Å². The van der Waals surface area contributed by atoms with Crippen LogP contribution in [-0.4, -0.2) is 53.9 Å². The van der Waals surface area contributed by atoms with Gasteiger partial charge in [-0.25, -0.2) is 17.5 Å². The highest BCUT2D eigenvalue weighted by molar-refractivity contribution is 7.88. The van der Waals surface area contributed by atoms with Crippen LogP contribution in [0, 0.1) is 0 Å². The van der Waals surface area contributed by atoms with Gasteiger partial charge in [0.25, 0.3) is 0 Å². The quantitative estimate of drug-likeness (QED) is 0.843. The smallest absolute Gasteiger partial charge is 0.319 e. The molecule has 1 atom stereocenters. The second kappa shape index (κ2) is 6.44. The fourth-order valence-electron chi connectivity index (χ4n) is 2.32. The third-order valence-electron chi connectivity index (χ3n) is 3.40. The van der Waals surface area contributed by atoms with Gasteiger partial charge in [-0.1, -0.05) is 0 Å². The van der Waals surface area contributed by atoms with Crippen LogP contribution in [0.4, 0.5) is 10.5 Å². The summed E-state index contributed by atoms with van der Waals surface area (Å²) in [7, 11) is -3.21.